The molecule has 0 spiro atoms. The minimum atomic E-state index is -0.240. The van der Waals surface area contributed by atoms with Crippen molar-refractivity contribution >= 4 is 44.1 Å². The van der Waals surface area contributed by atoms with Gasteiger partial charge in [-0.2, -0.15) is 0 Å². The average molecular weight is 426 g/mol. The van der Waals surface area contributed by atoms with Gasteiger partial charge in [-0.25, -0.2) is 4.98 Å². The molecule has 0 bridgehead atoms. The number of aromatic amines is 1. The molecule has 0 aliphatic rings. The number of hydrogen-bond donors (Lipinski definition) is 2. The highest BCUT2D eigenvalue weighted by molar-refractivity contribution is 7.21. The van der Waals surface area contributed by atoms with E-state index in [9.17, 15) is 9.59 Å². The smallest absolute Gasteiger partial charge is 0.252 e. The quantitative estimate of drug-likeness (QED) is 0.411. The van der Waals surface area contributed by atoms with Gasteiger partial charge in [0.05, 0.1) is 16.6 Å². The fourth-order valence-electron chi connectivity index (χ4n) is 3.55. The molecule has 0 radical (unpaired) electrons. The summed E-state index contributed by atoms with van der Waals surface area (Å²) in [5, 5.41) is 4.72. The SMILES string of the molecule is Cc1ccc2nc(-c3ccc(NC(=O)Cc4cc5ccccc5[nH]c4=O)cc3)sc2c1. The first kappa shape index (κ1) is 19.2. The van der Waals surface area contributed by atoms with Gasteiger partial charge in [0.15, 0.2) is 0 Å². The summed E-state index contributed by atoms with van der Waals surface area (Å²) in [6.07, 6.45) is 0.0130. The molecule has 0 fully saturated rings. The maximum Gasteiger partial charge on any atom is 0.252 e. The van der Waals surface area contributed by atoms with Crippen LogP contribution in [0, 0.1) is 6.92 Å². The third-order valence-electron chi connectivity index (χ3n) is 5.14. The van der Waals surface area contributed by atoms with Gasteiger partial charge < -0.3 is 10.3 Å². The minimum absolute atomic E-state index is 0.0130. The number of thiazole rings is 1. The Labute approximate surface area is 182 Å². The first-order chi connectivity index (χ1) is 15.0. The maximum absolute atomic E-state index is 12.5. The van der Waals surface area contributed by atoms with Crippen molar-refractivity contribution in [2.45, 2.75) is 13.3 Å². The molecule has 5 rings (SSSR count). The number of fused-ring (bicyclic) bond motifs is 2. The summed E-state index contributed by atoms with van der Waals surface area (Å²) in [5.74, 6) is -0.232. The fraction of sp³-hybridized carbons (Fsp3) is 0.0800. The van der Waals surface area contributed by atoms with Crippen LogP contribution < -0.4 is 10.9 Å². The largest absolute Gasteiger partial charge is 0.326 e. The first-order valence-corrected chi connectivity index (χ1v) is 10.8. The number of aryl methyl sites for hydroxylation is 1. The molecule has 152 valence electrons. The van der Waals surface area contributed by atoms with E-state index in [0.717, 1.165) is 31.7 Å². The van der Waals surface area contributed by atoms with Crippen LogP contribution in [0.3, 0.4) is 0 Å². The summed E-state index contributed by atoms with van der Waals surface area (Å²) in [4.78, 5) is 32.3. The van der Waals surface area contributed by atoms with Crippen molar-refractivity contribution < 1.29 is 4.79 Å². The van der Waals surface area contributed by atoms with E-state index in [1.165, 1.54) is 5.56 Å². The Morgan fingerprint density at radius 3 is 2.68 bits per heavy atom. The predicted octanol–water partition coefficient (Wildman–Crippen LogP) is 5.29. The van der Waals surface area contributed by atoms with Crippen molar-refractivity contribution in [3.63, 3.8) is 0 Å². The zero-order valence-corrected chi connectivity index (χ0v) is 17.6. The summed E-state index contributed by atoms with van der Waals surface area (Å²) in [6, 6.07) is 23.1. The van der Waals surface area contributed by atoms with Gasteiger partial charge in [0, 0.05) is 22.3 Å². The molecule has 5 nitrogen and oxygen atoms in total. The molecular weight excluding hydrogens is 406 g/mol. The Kier molecular flexibility index (Phi) is 4.84. The molecule has 6 heteroatoms. The number of anilines is 1. The van der Waals surface area contributed by atoms with Crippen LogP contribution in [-0.4, -0.2) is 15.9 Å². The summed E-state index contributed by atoms with van der Waals surface area (Å²) >= 11 is 1.65. The average Bonchev–Trinajstić information content (AvgIpc) is 3.18. The highest BCUT2D eigenvalue weighted by atomic mass is 32.1. The van der Waals surface area contributed by atoms with Gasteiger partial charge >= 0.3 is 0 Å². The lowest BCUT2D eigenvalue weighted by Crippen LogP contribution is -2.21. The van der Waals surface area contributed by atoms with Crippen LogP contribution in [0.4, 0.5) is 5.69 Å². The van der Waals surface area contributed by atoms with E-state index >= 15 is 0 Å². The number of pyridine rings is 1. The van der Waals surface area contributed by atoms with E-state index in [0.29, 0.717) is 11.3 Å². The maximum atomic E-state index is 12.5. The normalized spacial score (nSPS) is 11.1. The van der Waals surface area contributed by atoms with E-state index in [2.05, 4.69) is 29.4 Å². The molecule has 0 aliphatic heterocycles. The molecule has 2 heterocycles. The fourth-order valence-corrected chi connectivity index (χ4v) is 4.62. The second kappa shape index (κ2) is 7.81. The molecule has 0 saturated heterocycles. The summed E-state index contributed by atoms with van der Waals surface area (Å²) in [7, 11) is 0. The number of hydrogen-bond acceptors (Lipinski definition) is 4. The Hall–Kier alpha value is -3.77. The van der Waals surface area contributed by atoms with Gasteiger partial charge in [0.1, 0.15) is 5.01 Å². The van der Waals surface area contributed by atoms with Crippen LogP contribution in [0.25, 0.3) is 31.7 Å². The molecule has 0 saturated carbocycles. The van der Waals surface area contributed by atoms with Gasteiger partial charge in [-0.05, 0) is 66.4 Å². The number of benzene rings is 3. The topological polar surface area (TPSA) is 74.8 Å². The van der Waals surface area contributed by atoms with Crippen LogP contribution in [0.2, 0.25) is 0 Å². The standard InChI is InChI=1S/C25H19N3O2S/c1-15-6-11-21-22(12-15)31-25(28-21)16-7-9-19(10-8-16)26-23(29)14-18-13-17-4-2-3-5-20(17)27-24(18)30/h2-13H,14H2,1H3,(H,26,29)(H,27,30). The van der Waals surface area contributed by atoms with E-state index in [-0.39, 0.29) is 17.9 Å². The molecule has 3 aromatic carbocycles. The minimum Gasteiger partial charge on any atom is -0.326 e. The van der Waals surface area contributed by atoms with Crippen molar-refractivity contribution in [3.8, 4) is 10.6 Å². The second-order valence-electron chi connectivity index (χ2n) is 7.50. The number of carbonyl (C=O) groups is 1. The molecule has 2 aromatic heterocycles. The van der Waals surface area contributed by atoms with Crippen molar-refractivity contribution in [2.75, 3.05) is 5.32 Å². The number of nitrogens with zero attached hydrogens (tertiary/aromatic N) is 1. The Bertz CT molecular complexity index is 1480. The zero-order chi connectivity index (χ0) is 21.4. The zero-order valence-electron chi connectivity index (χ0n) is 16.8. The van der Waals surface area contributed by atoms with Gasteiger partial charge in [-0.15, -0.1) is 11.3 Å². The molecule has 0 aliphatic carbocycles. The van der Waals surface area contributed by atoms with Crippen LogP contribution in [0.15, 0.2) is 77.6 Å². The number of H-pyrrole nitrogens is 1. The molecule has 5 aromatic rings. The first-order valence-electron chi connectivity index (χ1n) is 9.93. The van der Waals surface area contributed by atoms with Gasteiger partial charge in [0.25, 0.3) is 5.56 Å². The molecule has 1 amide bonds. The lowest BCUT2D eigenvalue weighted by atomic mass is 10.1. The third kappa shape index (κ3) is 3.98. The number of para-hydroxylation sites is 1. The van der Waals surface area contributed by atoms with Gasteiger partial charge in [-0.1, -0.05) is 24.3 Å². The summed E-state index contributed by atoms with van der Waals surface area (Å²) in [6.45, 7) is 2.07. The van der Waals surface area contributed by atoms with Crippen molar-refractivity contribution in [1.29, 1.82) is 0 Å². The number of amides is 1. The van der Waals surface area contributed by atoms with Crippen LogP contribution >= 0.6 is 11.3 Å². The number of rotatable bonds is 4. The van der Waals surface area contributed by atoms with E-state index in [1.807, 2.05) is 54.6 Å². The second-order valence-corrected chi connectivity index (χ2v) is 8.53. The number of nitrogens with one attached hydrogen (secondary N) is 2. The van der Waals surface area contributed by atoms with E-state index in [4.69, 9.17) is 4.98 Å². The molecule has 2 N–H and O–H groups in total. The van der Waals surface area contributed by atoms with Crippen molar-refractivity contribution in [3.05, 3.63) is 94.3 Å². The van der Waals surface area contributed by atoms with Crippen LogP contribution in [-0.2, 0) is 11.2 Å². The summed E-state index contributed by atoms with van der Waals surface area (Å²) < 4.78 is 1.16. The highest BCUT2D eigenvalue weighted by Gasteiger charge is 2.10. The number of carbonyl (C=O) groups excluding carboxylic acids is 1. The van der Waals surface area contributed by atoms with Crippen molar-refractivity contribution in [2.24, 2.45) is 0 Å². The lowest BCUT2D eigenvalue weighted by Gasteiger charge is -2.07. The van der Waals surface area contributed by atoms with E-state index in [1.54, 1.807) is 17.4 Å². The molecule has 31 heavy (non-hydrogen) atoms. The highest BCUT2D eigenvalue weighted by Crippen LogP contribution is 2.31. The Morgan fingerprint density at radius 2 is 1.84 bits per heavy atom. The van der Waals surface area contributed by atoms with Crippen LogP contribution in [0.5, 0.6) is 0 Å². The van der Waals surface area contributed by atoms with Gasteiger partial charge in [0.2, 0.25) is 5.91 Å². The van der Waals surface area contributed by atoms with Crippen molar-refractivity contribution in [1.82, 2.24) is 9.97 Å². The molecule has 0 unspecified atom stereocenters. The molecule has 0 atom stereocenters. The van der Waals surface area contributed by atoms with E-state index < -0.39 is 0 Å². The Balaban J connectivity index is 1.31. The summed E-state index contributed by atoms with van der Waals surface area (Å²) in [5.41, 5.74) is 4.85. The number of aromatic nitrogens is 2. The lowest BCUT2D eigenvalue weighted by molar-refractivity contribution is -0.115. The Morgan fingerprint density at radius 1 is 1.03 bits per heavy atom. The molecular formula is C25H19N3O2S. The predicted molar refractivity (Wildman–Crippen MR) is 127 cm³/mol. The third-order valence-corrected chi connectivity index (χ3v) is 6.21. The van der Waals surface area contributed by atoms with Crippen LogP contribution in [0.1, 0.15) is 11.1 Å². The monoisotopic (exact) mass is 425 g/mol. The van der Waals surface area contributed by atoms with Gasteiger partial charge in [-0.3, -0.25) is 9.59 Å².